The van der Waals surface area contributed by atoms with Crippen molar-refractivity contribution in [2.75, 3.05) is 0 Å². The van der Waals surface area contributed by atoms with Gasteiger partial charge in [-0.05, 0) is 30.4 Å². The van der Waals surface area contributed by atoms with E-state index >= 15 is 0 Å². The van der Waals surface area contributed by atoms with Gasteiger partial charge in [0.05, 0.1) is 11.8 Å². The molecular formula is C22H28N4O2S. The van der Waals surface area contributed by atoms with Gasteiger partial charge in [-0.1, -0.05) is 74.0 Å². The first-order valence-corrected chi connectivity index (χ1v) is 11.4. The van der Waals surface area contributed by atoms with Crippen LogP contribution in [0.1, 0.15) is 42.4 Å². The summed E-state index contributed by atoms with van der Waals surface area (Å²) in [5, 5.41) is 8.25. The average molecular weight is 413 g/mol. The molecule has 0 aliphatic carbocycles. The number of aromatic nitrogens is 3. The van der Waals surface area contributed by atoms with Crippen molar-refractivity contribution in [2.24, 2.45) is 11.7 Å². The van der Waals surface area contributed by atoms with Gasteiger partial charge in [0.1, 0.15) is 0 Å². The maximum atomic E-state index is 13.1. The predicted octanol–water partition coefficient (Wildman–Crippen LogP) is 3.46. The van der Waals surface area contributed by atoms with Crippen molar-refractivity contribution in [1.29, 1.82) is 0 Å². The molecule has 2 N–H and O–H groups in total. The van der Waals surface area contributed by atoms with Crippen LogP contribution < -0.4 is 5.73 Å². The molecule has 1 aromatic heterocycles. The molecule has 0 aliphatic rings. The van der Waals surface area contributed by atoms with Crippen molar-refractivity contribution < 1.29 is 8.42 Å². The Morgan fingerprint density at radius 1 is 0.966 bits per heavy atom. The lowest BCUT2D eigenvalue weighted by molar-refractivity contribution is 0.455. The van der Waals surface area contributed by atoms with Gasteiger partial charge in [-0.3, -0.25) is 0 Å². The second kappa shape index (κ2) is 8.88. The van der Waals surface area contributed by atoms with E-state index in [0.29, 0.717) is 18.8 Å². The molecule has 0 bridgehead atoms. The van der Waals surface area contributed by atoms with Crippen LogP contribution in [0.5, 0.6) is 0 Å². The topological polar surface area (TPSA) is 90.9 Å². The van der Waals surface area contributed by atoms with E-state index in [1.54, 1.807) is 4.57 Å². The molecule has 6 nitrogen and oxygen atoms in total. The van der Waals surface area contributed by atoms with Gasteiger partial charge in [-0.15, -0.1) is 10.2 Å². The highest BCUT2D eigenvalue weighted by Crippen LogP contribution is 2.22. The summed E-state index contributed by atoms with van der Waals surface area (Å²) in [6.45, 7) is 6.52. The zero-order valence-electron chi connectivity index (χ0n) is 17.1. The predicted molar refractivity (Wildman–Crippen MR) is 114 cm³/mol. The molecular weight excluding hydrogens is 384 g/mol. The fourth-order valence-corrected chi connectivity index (χ4v) is 4.70. The zero-order chi connectivity index (χ0) is 21.0. The lowest BCUT2D eigenvalue weighted by Gasteiger charge is -2.17. The largest absolute Gasteiger partial charge is 0.321 e. The molecule has 0 amide bonds. The molecule has 1 atom stereocenters. The van der Waals surface area contributed by atoms with E-state index in [1.807, 2.05) is 75.4 Å². The van der Waals surface area contributed by atoms with Crippen LogP contribution in [0.25, 0.3) is 0 Å². The number of hydrogen-bond donors (Lipinski definition) is 1. The fraction of sp³-hybridized carbons (Fsp3) is 0.364. The van der Waals surface area contributed by atoms with E-state index in [9.17, 15) is 8.42 Å². The first-order chi connectivity index (χ1) is 13.8. The Morgan fingerprint density at radius 2 is 1.62 bits per heavy atom. The monoisotopic (exact) mass is 412 g/mol. The molecule has 0 saturated carbocycles. The van der Waals surface area contributed by atoms with Crippen molar-refractivity contribution in [1.82, 2.24) is 14.8 Å². The Morgan fingerprint density at radius 3 is 2.24 bits per heavy atom. The minimum Gasteiger partial charge on any atom is -0.321 e. The first kappa shape index (κ1) is 21.2. The molecule has 3 aromatic rings. The molecule has 2 aromatic carbocycles. The van der Waals surface area contributed by atoms with E-state index in [4.69, 9.17) is 5.73 Å². The molecule has 7 heteroatoms. The number of hydrogen-bond acceptors (Lipinski definition) is 5. The Bertz CT molecular complexity index is 1040. The zero-order valence-corrected chi connectivity index (χ0v) is 17.9. The van der Waals surface area contributed by atoms with Crippen LogP contribution >= 0.6 is 0 Å². The van der Waals surface area contributed by atoms with Crippen molar-refractivity contribution in [3.8, 4) is 0 Å². The Kier molecular flexibility index (Phi) is 6.49. The fourth-order valence-electron chi connectivity index (χ4n) is 3.27. The number of nitrogens with two attached hydrogens (primary N) is 1. The third-order valence-electron chi connectivity index (χ3n) is 4.68. The molecule has 0 spiro atoms. The summed E-state index contributed by atoms with van der Waals surface area (Å²) >= 11 is 0. The van der Waals surface area contributed by atoms with Gasteiger partial charge in [0, 0.05) is 6.54 Å². The summed E-state index contributed by atoms with van der Waals surface area (Å²) in [5.74, 6) is 0.615. The second-order valence-electron chi connectivity index (χ2n) is 7.89. The summed E-state index contributed by atoms with van der Waals surface area (Å²) in [4.78, 5) is 0. The van der Waals surface area contributed by atoms with Gasteiger partial charge in [-0.25, -0.2) is 8.42 Å². The molecule has 0 unspecified atom stereocenters. The molecule has 154 valence electrons. The van der Waals surface area contributed by atoms with Crippen LogP contribution in [-0.2, 0) is 28.6 Å². The highest BCUT2D eigenvalue weighted by molar-refractivity contribution is 7.90. The van der Waals surface area contributed by atoms with Crippen molar-refractivity contribution in [3.05, 3.63) is 77.1 Å². The summed E-state index contributed by atoms with van der Waals surface area (Å²) in [6.07, 6.45) is 0.565. The van der Waals surface area contributed by atoms with E-state index in [2.05, 4.69) is 10.2 Å². The molecule has 0 saturated heterocycles. The van der Waals surface area contributed by atoms with Gasteiger partial charge < -0.3 is 10.3 Å². The smallest absolute Gasteiger partial charge is 0.250 e. The maximum absolute atomic E-state index is 13.1. The Balaban J connectivity index is 1.93. The van der Waals surface area contributed by atoms with Crippen molar-refractivity contribution in [2.45, 2.75) is 50.7 Å². The van der Waals surface area contributed by atoms with E-state index in [0.717, 1.165) is 16.7 Å². The van der Waals surface area contributed by atoms with Gasteiger partial charge >= 0.3 is 0 Å². The van der Waals surface area contributed by atoms with Gasteiger partial charge in [-0.2, -0.15) is 0 Å². The van der Waals surface area contributed by atoms with Crippen LogP contribution in [0.4, 0.5) is 0 Å². The normalized spacial score (nSPS) is 13.0. The van der Waals surface area contributed by atoms with E-state index < -0.39 is 15.9 Å². The minimum atomic E-state index is -3.65. The van der Waals surface area contributed by atoms with Gasteiger partial charge in [0.2, 0.25) is 15.0 Å². The number of rotatable bonds is 8. The first-order valence-electron chi connectivity index (χ1n) is 9.77. The van der Waals surface area contributed by atoms with Crippen LogP contribution in [0, 0.1) is 12.8 Å². The summed E-state index contributed by atoms with van der Waals surface area (Å²) in [6, 6.07) is 16.9. The number of aryl methyl sites for hydroxylation is 1. The minimum absolute atomic E-state index is 0.00899. The standard InChI is InChI=1S/C22H28N4O2S/c1-16(2)14-26-21(20(23)13-18-7-5-4-6-8-18)24-25-22(26)29(27,28)15-19-11-9-17(3)10-12-19/h4-12,16,20H,13-15,23H2,1-3H3/t20-/m0/s1. The highest BCUT2D eigenvalue weighted by Gasteiger charge is 2.28. The second-order valence-corrected chi connectivity index (χ2v) is 9.77. The van der Waals surface area contributed by atoms with E-state index in [-0.39, 0.29) is 16.8 Å². The quantitative estimate of drug-likeness (QED) is 0.612. The lowest BCUT2D eigenvalue weighted by atomic mass is 10.1. The van der Waals surface area contributed by atoms with Crippen LogP contribution in [0.2, 0.25) is 0 Å². The summed E-state index contributed by atoms with van der Waals surface area (Å²) < 4.78 is 27.9. The number of nitrogens with zero attached hydrogens (tertiary/aromatic N) is 3. The lowest BCUT2D eigenvalue weighted by Crippen LogP contribution is -2.23. The molecule has 0 fully saturated rings. The van der Waals surface area contributed by atoms with Crippen molar-refractivity contribution >= 4 is 9.84 Å². The third kappa shape index (κ3) is 5.31. The molecule has 1 heterocycles. The Labute approximate surface area is 172 Å². The molecule has 29 heavy (non-hydrogen) atoms. The molecule has 0 aliphatic heterocycles. The Hall–Kier alpha value is -2.51. The van der Waals surface area contributed by atoms with Gasteiger partial charge in [0.15, 0.2) is 5.82 Å². The van der Waals surface area contributed by atoms with Crippen molar-refractivity contribution in [3.63, 3.8) is 0 Å². The average Bonchev–Trinajstić information content (AvgIpc) is 3.08. The summed E-state index contributed by atoms with van der Waals surface area (Å²) in [7, 11) is -3.65. The van der Waals surface area contributed by atoms with E-state index in [1.165, 1.54) is 0 Å². The number of benzene rings is 2. The molecule has 0 radical (unpaired) electrons. The summed E-state index contributed by atoms with van der Waals surface area (Å²) in [5.41, 5.74) is 9.30. The highest BCUT2D eigenvalue weighted by atomic mass is 32.2. The van der Waals surface area contributed by atoms with Crippen LogP contribution in [-0.4, -0.2) is 23.2 Å². The number of sulfone groups is 1. The SMILES string of the molecule is Cc1ccc(CS(=O)(=O)c2nnc([C@@H](N)Cc3ccccc3)n2CC(C)C)cc1. The van der Waals surface area contributed by atoms with Crippen LogP contribution in [0.15, 0.2) is 59.8 Å². The third-order valence-corrected chi connectivity index (χ3v) is 6.25. The van der Waals surface area contributed by atoms with Gasteiger partial charge in [0.25, 0.3) is 0 Å². The molecule has 3 rings (SSSR count). The van der Waals surface area contributed by atoms with Crippen LogP contribution in [0.3, 0.4) is 0 Å². The maximum Gasteiger partial charge on any atom is 0.250 e.